The fraction of sp³-hybridized carbons (Fsp3) is 0.429. The molecule has 0 unspecified atom stereocenters. The third kappa shape index (κ3) is 4.52. The molecule has 0 aliphatic heterocycles. The second kappa shape index (κ2) is 8.24. The lowest BCUT2D eigenvalue weighted by molar-refractivity contribution is -0.137. The van der Waals surface area contributed by atoms with Gasteiger partial charge in [-0.25, -0.2) is 19.3 Å². The van der Waals surface area contributed by atoms with Gasteiger partial charge in [-0.05, 0) is 31.4 Å². The molecule has 2 heterocycles. The number of fused-ring (bicyclic) bond motifs is 1. The Kier molecular flexibility index (Phi) is 5.63. The zero-order valence-electron chi connectivity index (χ0n) is 16.8. The number of halogens is 4. The summed E-state index contributed by atoms with van der Waals surface area (Å²) in [4.78, 5) is 24.6. The molecule has 1 aliphatic carbocycles. The molecule has 4 rings (SSSR count). The Morgan fingerprint density at radius 1 is 1.19 bits per heavy atom. The van der Waals surface area contributed by atoms with Crippen LogP contribution in [0.5, 0.6) is 0 Å². The van der Waals surface area contributed by atoms with Gasteiger partial charge >= 0.3 is 6.18 Å². The van der Waals surface area contributed by atoms with Crippen molar-refractivity contribution in [2.45, 2.75) is 57.8 Å². The summed E-state index contributed by atoms with van der Waals surface area (Å²) in [6.07, 6.45) is 1.66. The number of aryl methyl sites for hydroxylation is 1. The highest BCUT2D eigenvalue weighted by atomic mass is 19.4. The maximum absolute atomic E-state index is 14.9. The molecule has 1 fully saturated rings. The summed E-state index contributed by atoms with van der Waals surface area (Å²) in [5.74, 6) is -1.38. The van der Waals surface area contributed by atoms with Crippen molar-refractivity contribution in [2.24, 2.45) is 0 Å². The lowest BCUT2D eigenvalue weighted by Gasteiger charge is -2.14. The van der Waals surface area contributed by atoms with Crippen LogP contribution in [0.4, 0.5) is 23.4 Å². The van der Waals surface area contributed by atoms with E-state index >= 15 is 0 Å². The van der Waals surface area contributed by atoms with Crippen molar-refractivity contribution < 1.29 is 17.6 Å². The van der Waals surface area contributed by atoms with E-state index in [1.165, 1.54) is 17.0 Å². The van der Waals surface area contributed by atoms with Crippen LogP contribution in [0, 0.1) is 5.82 Å². The van der Waals surface area contributed by atoms with Crippen LogP contribution < -0.4 is 10.9 Å². The number of aromatic nitrogens is 4. The summed E-state index contributed by atoms with van der Waals surface area (Å²) in [5.41, 5.74) is -1.25. The smallest absolute Gasteiger partial charge is 0.367 e. The van der Waals surface area contributed by atoms with Crippen molar-refractivity contribution in [3.05, 3.63) is 46.4 Å². The Hall–Kier alpha value is -3.04. The summed E-state index contributed by atoms with van der Waals surface area (Å²) >= 11 is 0. The van der Waals surface area contributed by atoms with Crippen molar-refractivity contribution in [3.8, 4) is 11.4 Å². The lowest BCUT2D eigenvalue weighted by atomic mass is 10.1. The van der Waals surface area contributed by atoms with Gasteiger partial charge in [-0.15, -0.1) is 0 Å². The number of hydrogen-bond donors (Lipinski definition) is 1. The van der Waals surface area contributed by atoms with E-state index in [4.69, 9.17) is 0 Å². The summed E-state index contributed by atoms with van der Waals surface area (Å²) in [6, 6.07) is 2.26. The number of rotatable bonds is 7. The van der Waals surface area contributed by atoms with Gasteiger partial charge in [-0.3, -0.25) is 9.36 Å². The molecule has 3 aromatic rings. The zero-order chi connectivity index (χ0) is 22.2. The van der Waals surface area contributed by atoms with Crippen molar-refractivity contribution in [2.75, 3.05) is 5.32 Å². The van der Waals surface area contributed by atoms with Gasteiger partial charge in [0.15, 0.2) is 5.82 Å². The van der Waals surface area contributed by atoms with E-state index in [1.807, 2.05) is 6.92 Å². The monoisotopic (exact) mass is 435 g/mol. The third-order valence-electron chi connectivity index (χ3n) is 5.17. The molecule has 0 saturated heterocycles. The standard InChI is InChI=1S/C21H21F4N5O/c1-2-3-4-7-30-11-27-17-9-13(16(22)8-14(17)20(30)31)18-26-10-15(21(23,24)25)19(29-18)28-12-5-6-12/h8-12H,2-7H2,1H3,(H,26,28,29). The highest BCUT2D eigenvalue weighted by Crippen LogP contribution is 2.37. The van der Waals surface area contributed by atoms with Crippen molar-refractivity contribution in [1.82, 2.24) is 19.5 Å². The Labute approximate surface area is 175 Å². The Balaban J connectivity index is 1.74. The maximum atomic E-state index is 14.9. The van der Waals surface area contributed by atoms with Crippen LogP contribution in [0.3, 0.4) is 0 Å². The first-order valence-electron chi connectivity index (χ1n) is 10.2. The molecule has 0 spiro atoms. The van der Waals surface area contributed by atoms with Gasteiger partial charge in [0.2, 0.25) is 0 Å². The van der Waals surface area contributed by atoms with E-state index in [2.05, 4.69) is 20.3 Å². The molecule has 0 atom stereocenters. The molecule has 1 N–H and O–H groups in total. The molecule has 6 nitrogen and oxygen atoms in total. The molecule has 31 heavy (non-hydrogen) atoms. The first kappa shape index (κ1) is 21.2. The molecular weight excluding hydrogens is 414 g/mol. The van der Waals surface area contributed by atoms with E-state index in [0.29, 0.717) is 12.7 Å². The summed E-state index contributed by atoms with van der Waals surface area (Å²) in [7, 11) is 0. The molecule has 0 bridgehead atoms. The van der Waals surface area contributed by atoms with E-state index in [9.17, 15) is 22.4 Å². The summed E-state index contributed by atoms with van der Waals surface area (Å²) < 4.78 is 56.2. The van der Waals surface area contributed by atoms with E-state index < -0.39 is 17.6 Å². The molecule has 2 aromatic heterocycles. The summed E-state index contributed by atoms with van der Waals surface area (Å²) in [6.45, 7) is 2.53. The van der Waals surface area contributed by atoms with Crippen LogP contribution in [-0.2, 0) is 12.7 Å². The number of nitrogens with zero attached hydrogens (tertiary/aromatic N) is 4. The molecule has 1 aromatic carbocycles. The van der Waals surface area contributed by atoms with Gasteiger partial charge in [0.25, 0.3) is 5.56 Å². The van der Waals surface area contributed by atoms with E-state index in [1.54, 1.807) is 0 Å². The number of benzene rings is 1. The average Bonchev–Trinajstić information content (AvgIpc) is 3.53. The number of anilines is 1. The van der Waals surface area contributed by atoms with Crippen molar-refractivity contribution >= 4 is 16.7 Å². The van der Waals surface area contributed by atoms with Crippen LogP contribution in [-0.4, -0.2) is 25.6 Å². The van der Waals surface area contributed by atoms with E-state index in [-0.39, 0.29) is 39.7 Å². The Morgan fingerprint density at radius 3 is 2.65 bits per heavy atom. The second-order valence-corrected chi connectivity index (χ2v) is 7.67. The van der Waals surface area contributed by atoms with E-state index in [0.717, 1.165) is 38.2 Å². The van der Waals surface area contributed by atoms with Crippen molar-refractivity contribution in [3.63, 3.8) is 0 Å². The Bertz CT molecular complexity index is 1170. The molecule has 0 radical (unpaired) electrons. The van der Waals surface area contributed by atoms with Gasteiger partial charge in [0.1, 0.15) is 17.2 Å². The number of hydrogen-bond acceptors (Lipinski definition) is 5. The fourth-order valence-corrected chi connectivity index (χ4v) is 3.29. The predicted octanol–water partition coefficient (Wildman–Crippen LogP) is 4.78. The largest absolute Gasteiger partial charge is 0.421 e. The lowest BCUT2D eigenvalue weighted by Crippen LogP contribution is -2.21. The van der Waals surface area contributed by atoms with Gasteiger partial charge in [-0.1, -0.05) is 19.8 Å². The first-order chi connectivity index (χ1) is 14.8. The van der Waals surface area contributed by atoms with Crippen LogP contribution in [0.15, 0.2) is 29.5 Å². The molecule has 164 valence electrons. The van der Waals surface area contributed by atoms with Gasteiger partial charge < -0.3 is 5.32 Å². The molecular formula is C21H21F4N5O. The normalized spacial score (nSPS) is 14.2. The second-order valence-electron chi connectivity index (χ2n) is 7.67. The van der Waals surface area contributed by atoms with Crippen LogP contribution in [0.2, 0.25) is 0 Å². The first-order valence-corrected chi connectivity index (χ1v) is 10.2. The number of nitrogens with one attached hydrogen (secondary N) is 1. The molecule has 1 aliphatic rings. The summed E-state index contributed by atoms with van der Waals surface area (Å²) in [5, 5.41) is 2.84. The number of alkyl halides is 3. The third-order valence-corrected chi connectivity index (χ3v) is 5.17. The molecule has 0 amide bonds. The van der Waals surface area contributed by atoms with Crippen LogP contribution in [0.1, 0.15) is 44.6 Å². The minimum Gasteiger partial charge on any atom is -0.367 e. The predicted molar refractivity (Wildman–Crippen MR) is 108 cm³/mol. The van der Waals surface area contributed by atoms with Crippen molar-refractivity contribution in [1.29, 1.82) is 0 Å². The molecule has 1 saturated carbocycles. The average molecular weight is 435 g/mol. The van der Waals surface area contributed by atoms with Crippen LogP contribution in [0.25, 0.3) is 22.3 Å². The topological polar surface area (TPSA) is 72.7 Å². The fourth-order valence-electron chi connectivity index (χ4n) is 3.29. The number of unbranched alkanes of at least 4 members (excludes halogenated alkanes) is 2. The Morgan fingerprint density at radius 2 is 1.97 bits per heavy atom. The quantitative estimate of drug-likeness (QED) is 0.427. The van der Waals surface area contributed by atoms with Crippen LogP contribution >= 0.6 is 0 Å². The highest BCUT2D eigenvalue weighted by molar-refractivity contribution is 5.82. The highest BCUT2D eigenvalue weighted by Gasteiger charge is 2.37. The molecule has 10 heteroatoms. The zero-order valence-corrected chi connectivity index (χ0v) is 16.8. The van der Waals surface area contributed by atoms with Gasteiger partial charge in [0.05, 0.1) is 22.8 Å². The van der Waals surface area contributed by atoms with Gasteiger partial charge in [-0.2, -0.15) is 13.2 Å². The minimum atomic E-state index is -4.64. The minimum absolute atomic E-state index is 0.0851. The van der Waals surface area contributed by atoms with Gasteiger partial charge in [0, 0.05) is 18.8 Å². The maximum Gasteiger partial charge on any atom is 0.421 e. The SMILES string of the molecule is CCCCCn1cnc2cc(-c3ncc(C(F)(F)F)c(NC4CC4)n3)c(F)cc2c1=O.